The van der Waals surface area contributed by atoms with Crippen LogP contribution in [0.5, 0.6) is 0 Å². The van der Waals surface area contributed by atoms with E-state index in [1.165, 1.54) is 276 Å². The van der Waals surface area contributed by atoms with Crippen molar-refractivity contribution in [1.29, 1.82) is 0 Å². The molecule has 9 nitrogen and oxygen atoms in total. The molecule has 0 aliphatic heterocycles. The highest BCUT2D eigenvalue weighted by atomic mass is 31.2. The summed E-state index contributed by atoms with van der Waals surface area (Å²) in [5.41, 5.74) is 0. The van der Waals surface area contributed by atoms with E-state index in [0.717, 1.165) is 70.6 Å². The van der Waals surface area contributed by atoms with Crippen LogP contribution in [0.4, 0.5) is 0 Å². The summed E-state index contributed by atoms with van der Waals surface area (Å²) in [5.74, 6) is -0.487. The van der Waals surface area contributed by atoms with Gasteiger partial charge in [0.05, 0.1) is 33.8 Å². The number of allylic oxidation sites excluding steroid dienone is 9. The molecule has 0 bridgehead atoms. The molecule has 3 atom stereocenters. The summed E-state index contributed by atoms with van der Waals surface area (Å²) >= 11 is 0. The van der Waals surface area contributed by atoms with Gasteiger partial charge in [-0.2, -0.15) is 0 Å². The van der Waals surface area contributed by atoms with Crippen LogP contribution in [0.2, 0.25) is 0 Å². The number of quaternary nitrogens is 1. The SMILES string of the molecule is CCCCC/C=C\C/C=C\CCCCCCCCCCCCCCCCCCCC(=O)OC(/C=C/CCCCCCCCCCCCC)C(COP(=O)(O)OCC[N+](C)(C)C)NC(=O)CCCCCCCCCCCCCCC/C=C\C/C=C\CCCCC. The van der Waals surface area contributed by atoms with E-state index in [-0.39, 0.29) is 25.1 Å². The fourth-order valence-corrected chi connectivity index (χ4v) is 12.2. The minimum Gasteiger partial charge on any atom is -0.456 e. The molecule has 10 heteroatoms. The molecule has 0 aliphatic rings. The molecular formula is C79H150N2O7P+. The van der Waals surface area contributed by atoms with Gasteiger partial charge in [0.25, 0.3) is 0 Å². The summed E-state index contributed by atoms with van der Waals surface area (Å²) in [6.07, 6.45) is 89.6. The van der Waals surface area contributed by atoms with Crippen molar-refractivity contribution in [2.24, 2.45) is 0 Å². The first-order chi connectivity index (χ1) is 43.4. The number of amides is 1. The normalized spacial score (nSPS) is 13.7. The molecule has 3 unspecified atom stereocenters. The number of phosphoric ester groups is 1. The van der Waals surface area contributed by atoms with Gasteiger partial charge in [-0.15, -0.1) is 0 Å². The van der Waals surface area contributed by atoms with E-state index in [4.69, 9.17) is 13.8 Å². The van der Waals surface area contributed by atoms with Gasteiger partial charge in [0.2, 0.25) is 5.91 Å². The minimum atomic E-state index is -4.46. The van der Waals surface area contributed by atoms with Crippen molar-refractivity contribution in [1.82, 2.24) is 5.32 Å². The largest absolute Gasteiger partial charge is 0.472 e. The first-order valence-corrected chi connectivity index (χ1v) is 40.1. The van der Waals surface area contributed by atoms with Crippen LogP contribution in [0.1, 0.15) is 380 Å². The molecule has 0 spiro atoms. The average molecular weight is 1270 g/mol. The zero-order valence-electron chi connectivity index (χ0n) is 59.9. The Morgan fingerprint density at radius 3 is 1.03 bits per heavy atom. The maximum Gasteiger partial charge on any atom is 0.472 e. The van der Waals surface area contributed by atoms with Crippen molar-refractivity contribution in [3.8, 4) is 0 Å². The van der Waals surface area contributed by atoms with Gasteiger partial charge in [-0.3, -0.25) is 18.6 Å². The van der Waals surface area contributed by atoms with E-state index in [1.54, 1.807) is 0 Å². The summed E-state index contributed by atoms with van der Waals surface area (Å²) in [5, 5.41) is 3.08. The van der Waals surface area contributed by atoms with Crippen molar-refractivity contribution < 1.29 is 37.3 Å². The van der Waals surface area contributed by atoms with E-state index in [0.29, 0.717) is 23.9 Å². The van der Waals surface area contributed by atoms with Crippen LogP contribution in [0.15, 0.2) is 60.8 Å². The highest BCUT2D eigenvalue weighted by molar-refractivity contribution is 7.47. The average Bonchev–Trinajstić information content (AvgIpc) is 3.63. The number of unbranched alkanes of at least 4 members (excludes halogenated alkanes) is 47. The Morgan fingerprint density at radius 1 is 0.393 bits per heavy atom. The number of rotatable bonds is 71. The number of hydrogen-bond acceptors (Lipinski definition) is 6. The molecule has 0 aromatic carbocycles. The molecule has 0 aromatic heterocycles. The van der Waals surface area contributed by atoms with E-state index >= 15 is 0 Å². The Balaban J connectivity index is 4.97. The summed E-state index contributed by atoms with van der Waals surface area (Å²) in [6, 6.07) is -0.849. The number of phosphoric acid groups is 1. The Kier molecular flexibility index (Phi) is 66.8. The van der Waals surface area contributed by atoms with Gasteiger partial charge in [0.15, 0.2) is 0 Å². The molecule has 0 heterocycles. The lowest BCUT2D eigenvalue weighted by Crippen LogP contribution is -2.47. The lowest BCUT2D eigenvalue weighted by molar-refractivity contribution is -0.870. The van der Waals surface area contributed by atoms with E-state index in [1.807, 2.05) is 27.2 Å². The van der Waals surface area contributed by atoms with Crippen LogP contribution in [0, 0.1) is 0 Å². The molecule has 89 heavy (non-hydrogen) atoms. The molecular weight excluding hydrogens is 1120 g/mol. The maximum absolute atomic E-state index is 13.7. The number of esters is 1. The van der Waals surface area contributed by atoms with Crippen molar-refractivity contribution in [3.63, 3.8) is 0 Å². The monoisotopic (exact) mass is 1270 g/mol. The van der Waals surface area contributed by atoms with Gasteiger partial charge >= 0.3 is 13.8 Å². The Hall–Kier alpha value is -2.29. The number of nitrogens with one attached hydrogen (secondary N) is 1. The number of carbonyl (C=O) groups is 2. The van der Waals surface area contributed by atoms with Gasteiger partial charge in [-0.05, 0) is 96.0 Å². The fraction of sp³-hybridized carbons (Fsp3) is 0.848. The van der Waals surface area contributed by atoms with Crippen LogP contribution in [0.3, 0.4) is 0 Å². The summed E-state index contributed by atoms with van der Waals surface area (Å²) in [7, 11) is 1.51. The molecule has 0 fully saturated rings. The molecule has 0 saturated carbocycles. The third-order valence-electron chi connectivity index (χ3n) is 17.4. The number of hydrogen-bond donors (Lipinski definition) is 2. The van der Waals surface area contributed by atoms with Gasteiger partial charge in [-0.25, -0.2) is 4.57 Å². The lowest BCUT2D eigenvalue weighted by atomic mass is 10.0. The summed E-state index contributed by atoms with van der Waals surface area (Å²) in [4.78, 5) is 38.0. The van der Waals surface area contributed by atoms with Crippen molar-refractivity contribution in [2.75, 3.05) is 40.9 Å². The molecule has 522 valence electrons. The van der Waals surface area contributed by atoms with Crippen LogP contribution >= 0.6 is 7.82 Å². The highest BCUT2D eigenvalue weighted by Crippen LogP contribution is 2.43. The standard InChI is InChI=1S/C79H149N2O7P/c1-7-10-13-16-19-22-25-28-30-32-34-36-38-39-40-41-43-45-47-49-51-54-57-60-63-66-69-72-79(83)88-77(70-67-64-61-58-55-52-27-24-21-18-15-12-9-3)76(75-87-89(84,85)86-74-73-81(4,5)6)80-78(82)71-68-65-62-59-56-53-50-48-46-44-42-37-35-33-31-29-26-23-20-17-14-11-8-2/h19-20,22-23,28-31,67,70,76-77H,7-18,21,24-27,32-66,68-69,71-75H2,1-6H3,(H-,80,82,84,85)/p+1/b22-19-,23-20-,30-28-,31-29-,70-67+. The second-order valence-corrected chi connectivity index (χ2v) is 29.0. The van der Waals surface area contributed by atoms with E-state index in [9.17, 15) is 19.0 Å². The number of carbonyl (C=O) groups excluding carboxylic acids is 2. The van der Waals surface area contributed by atoms with Crippen LogP contribution in [-0.4, -0.2) is 74.3 Å². The number of likely N-dealkylation sites (N-methyl/N-ethyl adjacent to an activating group) is 1. The highest BCUT2D eigenvalue weighted by Gasteiger charge is 2.30. The van der Waals surface area contributed by atoms with Gasteiger partial charge in [0.1, 0.15) is 19.3 Å². The van der Waals surface area contributed by atoms with Gasteiger partial charge in [0, 0.05) is 12.8 Å². The molecule has 0 rings (SSSR count). The smallest absolute Gasteiger partial charge is 0.456 e. The number of nitrogens with zero attached hydrogens (tertiary/aromatic N) is 1. The van der Waals surface area contributed by atoms with Crippen LogP contribution in [0.25, 0.3) is 0 Å². The summed E-state index contributed by atoms with van der Waals surface area (Å²) < 4.78 is 30.9. The summed E-state index contributed by atoms with van der Waals surface area (Å²) in [6.45, 7) is 7.02. The Labute approximate surface area is 553 Å². The molecule has 0 aromatic rings. The Bertz CT molecular complexity index is 1700. The third-order valence-corrected chi connectivity index (χ3v) is 18.4. The van der Waals surface area contributed by atoms with Crippen molar-refractivity contribution >= 4 is 19.7 Å². The predicted molar refractivity (Wildman–Crippen MR) is 388 cm³/mol. The van der Waals surface area contributed by atoms with Crippen LogP contribution < -0.4 is 5.32 Å². The van der Waals surface area contributed by atoms with Crippen molar-refractivity contribution in [3.05, 3.63) is 60.8 Å². The maximum atomic E-state index is 13.7. The van der Waals surface area contributed by atoms with Gasteiger partial charge < -0.3 is 19.4 Å². The lowest BCUT2D eigenvalue weighted by Gasteiger charge is -2.27. The Morgan fingerprint density at radius 2 is 0.685 bits per heavy atom. The van der Waals surface area contributed by atoms with Gasteiger partial charge in [-0.1, -0.05) is 332 Å². The second kappa shape index (κ2) is 68.6. The quantitative estimate of drug-likeness (QED) is 0.0205. The zero-order chi connectivity index (χ0) is 64.9. The van der Waals surface area contributed by atoms with Crippen molar-refractivity contribution in [2.45, 2.75) is 392 Å². The first-order valence-electron chi connectivity index (χ1n) is 38.6. The third kappa shape index (κ3) is 69.9. The fourth-order valence-electron chi connectivity index (χ4n) is 11.5. The molecule has 0 saturated heterocycles. The molecule has 2 N–H and O–H groups in total. The predicted octanol–water partition coefficient (Wildman–Crippen LogP) is 24.9. The first kappa shape index (κ1) is 86.7. The number of ether oxygens (including phenoxy) is 1. The minimum absolute atomic E-state index is 0.0413. The zero-order valence-corrected chi connectivity index (χ0v) is 60.8. The van der Waals surface area contributed by atoms with E-state index < -0.39 is 20.0 Å². The van der Waals surface area contributed by atoms with Crippen LogP contribution in [-0.2, 0) is 27.9 Å². The second-order valence-electron chi connectivity index (χ2n) is 27.5. The van der Waals surface area contributed by atoms with E-state index in [2.05, 4.69) is 80.8 Å². The topological polar surface area (TPSA) is 111 Å². The molecule has 1 amide bonds. The molecule has 0 radical (unpaired) electrons. The molecule has 0 aliphatic carbocycles.